The fourth-order valence-electron chi connectivity index (χ4n) is 3.24. The standard InChI is InChI=1S/C21H18N6S/c1-14-22-20-16-10-6-7-11-17(16)24-21(27(20)25-14)28-13-19-23-18(12-26(19)2)15-8-4-3-5-9-15/h3-12H,13H2,1-2H3. The number of aryl methyl sites for hydroxylation is 2. The molecule has 0 aliphatic heterocycles. The van der Waals surface area contributed by atoms with Crippen LogP contribution in [0.1, 0.15) is 11.6 Å². The van der Waals surface area contributed by atoms with Crippen LogP contribution in [0.3, 0.4) is 0 Å². The first-order valence-electron chi connectivity index (χ1n) is 9.01. The molecule has 3 heterocycles. The Kier molecular flexibility index (Phi) is 4.09. The second kappa shape index (κ2) is 6.76. The Morgan fingerprint density at radius 2 is 1.71 bits per heavy atom. The normalized spacial score (nSPS) is 11.5. The Hall–Kier alpha value is -3.19. The third kappa shape index (κ3) is 2.93. The van der Waals surface area contributed by atoms with Crippen molar-refractivity contribution in [3.63, 3.8) is 0 Å². The van der Waals surface area contributed by atoms with Crippen molar-refractivity contribution in [1.29, 1.82) is 0 Å². The van der Waals surface area contributed by atoms with Crippen molar-refractivity contribution in [3.8, 4) is 11.3 Å². The molecule has 0 bridgehead atoms. The number of para-hydroxylation sites is 1. The second-order valence-corrected chi connectivity index (χ2v) is 7.56. The van der Waals surface area contributed by atoms with Gasteiger partial charge in [0.05, 0.1) is 17.0 Å². The van der Waals surface area contributed by atoms with Crippen LogP contribution in [0.15, 0.2) is 66.0 Å². The lowest BCUT2D eigenvalue weighted by molar-refractivity contribution is 0.793. The van der Waals surface area contributed by atoms with E-state index in [1.54, 1.807) is 11.8 Å². The summed E-state index contributed by atoms with van der Waals surface area (Å²) >= 11 is 1.62. The van der Waals surface area contributed by atoms with Gasteiger partial charge in [-0.2, -0.15) is 4.52 Å². The molecule has 0 N–H and O–H groups in total. The molecule has 0 spiro atoms. The summed E-state index contributed by atoms with van der Waals surface area (Å²) in [6.07, 6.45) is 2.06. The summed E-state index contributed by atoms with van der Waals surface area (Å²) in [5, 5.41) is 6.37. The highest BCUT2D eigenvalue weighted by atomic mass is 32.2. The number of hydrogen-bond acceptors (Lipinski definition) is 5. The molecule has 0 aliphatic carbocycles. The third-order valence-corrected chi connectivity index (χ3v) is 5.55. The number of hydrogen-bond donors (Lipinski definition) is 0. The van der Waals surface area contributed by atoms with Crippen molar-refractivity contribution in [2.24, 2.45) is 7.05 Å². The Morgan fingerprint density at radius 1 is 0.929 bits per heavy atom. The van der Waals surface area contributed by atoms with Gasteiger partial charge in [-0.15, -0.1) is 5.10 Å². The summed E-state index contributed by atoms with van der Waals surface area (Å²) in [5.74, 6) is 2.43. The average Bonchev–Trinajstić information content (AvgIpc) is 3.29. The van der Waals surface area contributed by atoms with Crippen LogP contribution in [-0.2, 0) is 12.8 Å². The quantitative estimate of drug-likeness (QED) is 0.341. The predicted octanol–water partition coefficient (Wildman–Crippen LogP) is 4.28. The van der Waals surface area contributed by atoms with Crippen molar-refractivity contribution in [1.82, 2.24) is 29.1 Å². The molecule has 138 valence electrons. The molecule has 0 radical (unpaired) electrons. The molecule has 0 unspecified atom stereocenters. The van der Waals surface area contributed by atoms with E-state index in [9.17, 15) is 0 Å². The van der Waals surface area contributed by atoms with Crippen LogP contribution in [0.25, 0.3) is 27.8 Å². The Morgan fingerprint density at radius 3 is 2.57 bits per heavy atom. The van der Waals surface area contributed by atoms with Gasteiger partial charge in [0.25, 0.3) is 0 Å². The molecule has 0 atom stereocenters. The molecule has 6 nitrogen and oxygen atoms in total. The minimum Gasteiger partial charge on any atom is -0.337 e. The molecule has 3 aromatic heterocycles. The van der Waals surface area contributed by atoms with Crippen molar-refractivity contribution < 1.29 is 0 Å². The molecule has 0 amide bonds. The van der Waals surface area contributed by atoms with Crippen LogP contribution in [0, 0.1) is 6.92 Å². The summed E-state index contributed by atoms with van der Waals surface area (Å²) in [7, 11) is 2.03. The number of imidazole rings is 1. The van der Waals surface area contributed by atoms with E-state index in [2.05, 4.69) is 33.0 Å². The Balaban J connectivity index is 1.50. The van der Waals surface area contributed by atoms with E-state index in [4.69, 9.17) is 9.97 Å². The number of benzene rings is 2. The summed E-state index contributed by atoms with van der Waals surface area (Å²) < 4.78 is 3.91. The van der Waals surface area contributed by atoms with Crippen molar-refractivity contribution in [3.05, 3.63) is 72.4 Å². The predicted molar refractivity (Wildman–Crippen MR) is 111 cm³/mol. The van der Waals surface area contributed by atoms with Gasteiger partial charge in [0, 0.05) is 24.2 Å². The molecular weight excluding hydrogens is 368 g/mol. The minimum atomic E-state index is 0.697. The first kappa shape index (κ1) is 16.9. The maximum atomic E-state index is 4.81. The fourth-order valence-corrected chi connectivity index (χ4v) is 4.18. The van der Waals surface area contributed by atoms with Crippen molar-refractivity contribution in [2.45, 2.75) is 17.8 Å². The highest BCUT2D eigenvalue weighted by Gasteiger charge is 2.14. The molecule has 0 aliphatic rings. The lowest BCUT2D eigenvalue weighted by atomic mass is 10.2. The summed E-state index contributed by atoms with van der Waals surface area (Å²) in [6, 6.07) is 18.3. The zero-order chi connectivity index (χ0) is 19.1. The van der Waals surface area contributed by atoms with Gasteiger partial charge < -0.3 is 4.57 Å². The van der Waals surface area contributed by atoms with Gasteiger partial charge in [-0.05, 0) is 19.1 Å². The van der Waals surface area contributed by atoms with Crippen LogP contribution in [0.2, 0.25) is 0 Å². The van der Waals surface area contributed by atoms with Crippen LogP contribution in [0.4, 0.5) is 0 Å². The van der Waals surface area contributed by atoms with Gasteiger partial charge >= 0.3 is 0 Å². The molecule has 5 rings (SSSR count). The minimum absolute atomic E-state index is 0.697. The van der Waals surface area contributed by atoms with E-state index >= 15 is 0 Å². The first-order chi connectivity index (χ1) is 13.7. The highest BCUT2D eigenvalue weighted by Crippen LogP contribution is 2.27. The molecule has 28 heavy (non-hydrogen) atoms. The van der Waals surface area contributed by atoms with Crippen LogP contribution < -0.4 is 0 Å². The number of aromatic nitrogens is 6. The number of thioether (sulfide) groups is 1. The Labute approximate surface area is 166 Å². The van der Waals surface area contributed by atoms with Gasteiger partial charge in [0.2, 0.25) is 0 Å². The summed E-state index contributed by atoms with van der Waals surface area (Å²) in [4.78, 5) is 14.2. The average molecular weight is 386 g/mol. The van der Waals surface area contributed by atoms with Crippen molar-refractivity contribution in [2.75, 3.05) is 0 Å². The highest BCUT2D eigenvalue weighted by molar-refractivity contribution is 7.98. The SMILES string of the molecule is Cc1nc2c3ccccc3nc(SCc3nc(-c4ccccc4)cn3C)n2n1. The van der Waals surface area contributed by atoms with Crippen LogP contribution >= 0.6 is 11.8 Å². The number of fused-ring (bicyclic) bond motifs is 3. The van der Waals surface area contributed by atoms with Gasteiger partial charge in [-0.1, -0.05) is 54.2 Å². The lowest BCUT2D eigenvalue weighted by Gasteiger charge is -2.06. The summed E-state index contributed by atoms with van der Waals surface area (Å²) in [5.41, 5.74) is 3.87. The van der Waals surface area contributed by atoms with Gasteiger partial charge in [0.15, 0.2) is 10.8 Å². The maximum Gasteiger partial charge on any atom is 0.191 e. The zero-order valence-electron chi connectivity index (χ0n) is 15.6. The van der Waals surface area contributed by atoms with Gasteiger partial charge in [-0.3, -0.25) is 0 Å². The van der Waals surface area contributed by atoms with Crippen LogP contribution in [0.5, 0.6) is 0 Å². The van der Waals surface area contributed by atoms with Gasteiger partial charge in [-0.25, -0.2) is 15.0 Å². The molecule has 0 fully saturated rings. The van der Waals surface area contributed by atoms with Crippen LogP contribution in [-0.4, -0.2) is 29.1 Å². The Bertz CT molecular complexity index is 1290. The molecule has 5 aromatic rings. The molecule has 2 aromatic carbocycles. The first-order valence-corrected chi connectivity index (χ1v) is 10.0. The number of nitrogens with zero attached hydrogens (tertiary/aromatic N) is 6. The fraction of sp³-hybridized carbons (Fsp3) is 0.143. The van der Waals surface area contributed by atoms with E-state index < -0.39 is 0 Å². The topological polar surface area (TPSA) is 60.9 Å². The maximum absolute atomic E-state index is 4.81. The zero-order valence-corrected chi connectivity index (χ0v) is 16.4. The van der Waals surface area contributed by atoms with E-state index in [1.807, 2.05) is 61.0 Å². The molecular formula is C21H18N6S. The summed E-state index contributed by atoms with van der Waals surface area (Å²) in [6.45, 7) is 1.90. The lowest BCUT2D eigenvalue weighted by Crippen LogP contribution is -2.00. The van der Waals surface area contributed by atoms with E-state index in [0.717, 1.165) is 44.6 Å². The number of rotatable bonds is 4. The monoisotopic (exact) mass is 386 g/mol. The van der Waals surface area contributed by atoms with E-state index in [1.165, 1.54) is 0 Å². The smallest absolute Gasteiger partial charge is 0.191 e. The van der Waals surface area contributed by atoms with E-state index in [-0.39, 0.29) is 0 Å². The van der Waals surface area contributed by atoms with Gasteiger partial charge in [0.1, 0.15) is 11.6 Å². The molecule has 7 heteroatoms. The van der Waals surface area contributed by atoms with Crippen molar-refractivity contribution >= 4 is 28.3 Å². The largest absolute Gasteiger partial charge is 0.337 e. The third-order valence-electron chi connectivity index (χ3n) is 4.63. The second-order valence-electron chi connectivity index (χ2n) is 6.61. The molecule has 0 saturated heterocycles. The van der Waals surface area contributed by atoms with E-state index in [0.29, 0.717) is 5.75 Å². The molecule has 0 saturated carbocycles.